The number of aliphatic hydroxyl groups excluding tert-OH is 1. The number of fused-ring (bicyclic) bond motifs is 5. The van der Waals surface area contributed by atoms with E-state index in [-0.39, 0.29) is 28.2 Å². The number of hydrogen-bond donors (Lipinski definition) is 1. The van der Waals surface area contributed by atoms with E-state index in [1.165, 1.54) is 35.4 Å². The molecule has 5 nitrogen and oxygen atoms in total. The fourth-order valence-electron chi connectivity index (χ4n) is 9.04. The lowest BCUT2D eigenvalue weighted by molar-refractivity contribution is -0.230. The van der Waals surface area contributed by atoms with Crippen molar-refractivity contribution in [3.05, 3.63) is 59.2 Å². The van der Waals surface area contributed by atoms with Crippen molar-refractivity contribution in [3.8, 4) is 11.5 Å². The van der Waals surface area contributed by atoms with E-state index >= 15 is 0 Å². The van der Waals surface area contributed by atoms with Crippen LogP contribution in [0.25, 0.3) is 0 Å². The van der Waals surface area contributed by atoms with E-state index in [0.717, 1.165) is 37.2 Å². The number of alkyl halides is 3. The van der Waals surface area contributed by atoms with E-state index < -0.39 is 35.7 Å². The van der Waals surface area contributed by atoms with Gasteiger partial charge in [-0.25, -0.2) is 0 Å². The highest BCUT2D eigenvalue weighted by Crippen LogP contribution is 2.69. The molecule has 6 atom stereocenters. The Morgan fingerprint density at radius 2 is 1.66 bits per heavy atom. The maximum Gasteiger partial charge on any atom is 0.411 e. The Morgan fingerprint density at radius 1 is 0.976 bits per heavy atom. The Balaban J connectivity index is 1.46. The molecule has 5 rings (SSSR count). The van der Waals surface area contributed by atoms with Crippen LogP contribution >= 0.6 is 0 Å². The molecule has 224 valence electrons. The molecule has 3 aliphatic carbocycles. The number of esters is 1. The molecular formula is C33H41F3O5. The van der Waals surface area contributed by atoms with Crippen molar-refractivity contribution in [2.75, 3.05) is 20.8 Å². The van der Waals surface area contributed by atoms with Crippen LogP contribution in [0.4, 0.5) is 13.2 Å². The number of carbonyl (C=O) groups excluding carboxylic acids is 1. The van der Waals surface area contributed by atoms with Gasteiger partial charge >= 0.3 is 12.1 Å². The maximum absolute atomic E-state index is 14.5. The normalized spacial score (nSPS) is 31.7. The zero-order chi connectivity index (χ0) is 30.0. The van der Waals surface area contributed by atoms with Crippen molar-refractivity contribution in [1.82, 2.24) is 0 Å². The highest BCUT2D eigenvalue weighted by Gasteiger charge is 2.66. The zero-order valence-electron chi connectivity index (χ0n) is 24.7. The average Bonchev–Trinajstić information content (AvgIpc) is 3.24. The van der Waals surface area contributed by atoms with E-state index in [0.29, 0.717) is 6.42 Å². The quantitative estimate of drug-likeness (QED) is 0.386. The Labute approximate surface area is 240 Å². The smallest absolute Gasteiger partial charge is 0.411 e. The van der Waals surface area contributed by atoms with Crippen LogP contribution in [0, 0.1) is 22.7 Å². The summed E-state index contributed by atoms with van der Waals surface area (Å²) < 4.78 is 60.9. The number of halogens is 3. The summed E-state index contributed by atoms with van der Waals surface area (Å²) in [6.45, 7) is 7.26. The van der Waals surface area contributed by atoms with Crippen molar-refractivity contribution in [3.63, 3.8) is 0 Å². The molecule has 0 heterocycles. The topological polar surface area (TPSA) is 65.0 Å². The minimum atomic E-state index is -5.03. The molecule has 0 aliphatic heterocycles. The van der Waals surface area contributed by atoms with Gasteiger partial charge in [0, 0.05) is 22.5 Å². The minimum Gasteiger partial charge on any atom is -0.497 e. The van der Waals surface area contributed by atoms with E-state index in [9.17, 15) is 23.1 Å². The van der Waals surface area contributed by atoms with E-state index in [2.05, 4.69) is 19.9 Å². The lowest BCUT2D eigenvalue weighted by Crippen LogP contribution is -2.61. The van der Waals surface area contributed by atoms with Crippen molar-refractivity contribution in [1.29, 1.82) is 0 Å². The third kappa shape index (κ3) is 4.18. The Hall–Kier alpha value is -2.74. The second kappa shape index (κ2) is 9.92. The highest BCUT2D eigenvalue weighted by molar-refractivity contribution is 5.85. The van der Waals surface area contributed by atoms with Gasteiger partial charge in [0.05, 0.1) is 20.8 Å². The number of benzene rings is 2. The first-order chi connectivity index (χ1) is 19.2. The van der Waals surface area contributed by atoms with Crippen LogP contribution in [0.5, 0.6) is 11.5 Å². The average molecular weight is 575 g/mol. The van der Waals surface area contributed by atoms with Crippen molar-refractivity contribution in [2.45, 2.75) is 82.9 Å². The molecule has 8 heteroatoms. The van der Waals surface area contributed by atoms with Crippen LogP contribution < -0.4 is 9.47 Å². The van der Waals surface area contributed by atoms with Gasteiger partial charge in [-0.05, 0) is 66.5 Å². The van der Waals surface area contributed by atoms with E-state index in [1.807, 2.05) is 19.9 Å². The van der Waals surface area contributed by atoms with Crippen LogP contribution in [-0.4, -0.2) is 44.2 Å². The summed E-state index contributed by atoms with van der Waals surface area (Å²) in [5.41, 5.74) is -1.83. The van der Waals surface area contributed by atoms with Crippen molar-refractivity contribution < 1.29 is 37.3 Å². The van der Waals surface area contributed by atoms with Crippen LogP contribution in [-0.2, 0) is 26.8 Å². The molecule has 2 saturated carbocycles. The van der Waals surface area contributed by atoms with Gasteiger partial charge in [0.2, 0.25) is 5.41 Å². The molecule has 0 radical (unpaired) electrons. The summed E-state index contributed by atoms with van der Waals surface area (Å²) in [6.07, 6.45) is -1.97. The molecule has 2 aromatic carbocycles. The zero-order valence-corrected chi connectivity index (χ0v) is 24.7. The monoisotopic (exact) mass is 574 g/mol. The van der Waals surface area contributed by atoms with Gasteiger partial charge in [-0.2, -0.15) is 13.2 Å². The van der Waals surface area contributed by atoms with Crippen molar-refractivity contribution >= 4 is 5.97 Å². The lowest BCUT2D eigenvalue weighted by atomic mass is 9.43. The third-order valence-corrected chi connectivity index (χ3v) is 11.2. The number of methoxy groups -OCH3 is 2. The fraction of sp³-hybridized carbons (Fsp3) is 0.606. The minimum absolute atomic E-state index is 0.118. The second-order valence-corrected chi connectivity index (χ2v) is 13.3. The Morgan fingerprint density at radius 3 is 2.24 bits per heavy atom. The van der Waals surface area contributed by atoms with Gasteiger partial charge in [0.25, 0.3) is 0 Å². The first-order valence-corrected chi connectivity index (χ1v) is 14.4. The number of rotatable bonds is 6. The summed E-state index contributed by atoms with van der Waals surface area (Å²) in [5, 5.41) is 10.1. The van der Waals surface area contributed by atoms with Gasteiger partial charge in [-0.3, -0.25) is 4.79 Å². The molecule has 0 saturated heterocycles. The molecule has 3 aliphatic rings. The first-order valence-electron chi connectivity index (χ1n) is 14.4. The summed E-state index contributed by atoms with van der Waals surface area (Å²) in [6, 6.07) is 10.9. The van der Waals surface area contributed by atoms with E-state index in [4.69, 9.17) is 14.2 Å². The molecule has 2 fully saturated rings. The van der Waals surface area contributed by atoms with Crippen molar-refractivity contribution in [2.24, 2.45) is 22.7 Å². The molecule has 41 heavy (non-hydrogen) atoms. The predicted molar refractivity (Wildman–Crippen MR) is 149 cm³/mol. The van der Waals surface area contributed by atoms with Crippen LogP contribution in [0.15, 0.2) is 42.5 Å². The molecule has 1 N–H and O–H groups in total. The van der Waals surface area contributed by atoms with Gasteiger partial charge in [0.1, 0.15) is 17.6 Å². The highest BCUT2D eigenvalue weighted by atomic mass is 19.4. The third-order valence-electron chi connectivity index (χ3n) is 11.2. The predicted octanol–water partition coefficient (Wildman–Crippen LogP) is 6.77. The van der Waals surface area contributed by atoms with Gasteiger partial charge in [-0.15, -0.1) is 0 Å². The fourth-order valence-corrected chi connectivity index (χ4v) is 9.04. The van der Waals surface area contributed by atoms with Gasteiger partial charge in [-0.1, -0.05) is 58.0 Å². The standard InChI is InChI=1S/C33H41F3O5/c1-29(2)24-12-14-31(4)25(17-20-16-22(39-5)18-23(40-6)27(20)31)30(24,3)15-13-26(29)41-28(38)32(19-37,33(34,35)36)21-10-8-7-9-11-21/h7-11,16,18,24-26,37H,12-15,17,19H2,1-6H3/t24-,25+,26-,30-,31+,32+/m1/s1. The molecule has 0 unspecified atom stereocenters. The molecule has 0 spiro atoms. The van der Waals surface area contributed by atoms with E-state index in [1.54, 1.807) is 20.3 Å². The van der Waals surface area contributed by atoms with Gasteiger partial charge < -0.3 is 19.3 Å². The summed E-state index contributed by atoms with van der Waals surface area (Å²) in [5.74, 6) is 0.563. The number of hydrogen-bond acceptors (Lipinski definition) is 5. The lowest BCUT2D eigenvalue weighted by Gasteiger charge is -2.62. The Kier molecular flexibility index (Phi) is 7.20. The molecule has 0 bridgehead atoms. The first kappa shape index (κ1) is 29.7. The number of carbonyl (C=O) groups is 1. The Bertz CT molecular complexity index is 1310. The largest absolute Gasteiger partial charge is 0.497 e. The van der Waals surface area contributed by atoms with Gasteiger partial charge in [0.15, 0.2) is 0 Å². The molecule has 0 amide bonds. The molecule has 0 aromatic heterocycles. The second-order valence-electron chi connectivity index (χ2n) is 13.3. The molecular weight excluding hydrogens is 533 g/mol. The van der Waals surface area contributed by atoms with Crippen LogP contribution in [0.3, 0.4) is 0 Å². The molecule has 2 aromatic rings. The SMILES string of the molecule is COc1cc2c(c(OC)c1)[C@@]1(C)CC[C@@H]3C(C)(C)[C@H](OC(=O)[C@](CO)(c4ccccc4)C(F)(F)F)CC[C@@]3(C)[C@@H]1C2. The summed E-state index contributed by atoms with van der Waals surface area (Å²) in [7, 11) is 3.33. The number of ether oxygens (including phenoxy) is 3. The number of aliphatic hydroxyl groups is 1. The van der Waals surface area contributed by atoms with Crippen LogP contribution in [0.1, 0.15) is 70.1 Å². The maximum atomic E-state index is 14.5. The summed E-state index contributed by atoms with van der Waals surface area (Å²) >= 11 is 0. The summed E-state index contributed by atoms with van der Waals surface area (Å²) in [4.78, 5) is 13.5. The van der Waals surface area contributed by atoms with Crippen LogP contribution in [0.2, 0.25) is 0 Å².